The molecule has 0 saturated carbocycles. The summed E-state index contributed by atoms with van der Waals surface area (Å²) in [5, 5.41) is 3.13. The van der Waals surface area contributed by atoms with E-state index in [1.54, 1.807) is 0 Å². The van der Waals surface area contributed by atoms with Crippen LogP contribution in [0.1, 0.15) is 52.8 Å². The van der Waals surface area contributed by atoms with Crippen LogP contribution in [0.15, 0.2) is 36.4 Å². The summed E-state index contributed by atoms with van der Waals surface area (Å²) in [5.74, 6) is 0.107. The van der Waals surface area contributed by atoms with Gasteiger partial charge < -0.3 is 5.32 Å². The molecule has 0 radical (unpaired) electrons. The quantitative estimate of drug-likeness (QED) is 0.850. The van der Waals surface area contributed by atoms with Crippen molar-refractivity contribution in [3.63, 3.8) is 0 Å². The Morgan fingerprint density at radius 2 is 1.57 bits per heavy atom. The van der Waals surface area contributed by atoms with Gasteiger partial charge in [-0.25, -0.2) is 0 Å². The highest BCUT2D eigenvalue weighted by Gasteiger charge is 2.13. The van der Waals surface area contributed by atoms with Gasteiger partial charge in [0, 0.05) is 6.42 Å². The molecular weight excluding hydrogens is 282 g/mol. The van der Waals surface area contributed by atoms with Crippen LogP contribution in [0, 0.1) is 27.7 Å². The summed E-state index contributed by atoms with van der Waals surface area (Å²) in [7, 11) is 0. The first-order valence-corrected chi connectivity index (χ1v) is 8.29. The number of aryl methyl sites for hydroxylation is 5. The highest BCUT2D eigenvalue weighted by Crippen LogP contribution is 2.21. The Bertz CT molecular complexity index is 686. The predicted molar refractivity (Wildman–Crippen MR) is 96.7 cm³/mol. The fraction of sp³-hybridized carbons (Fsp3) is 0.381. The lowest BCUT2D eigenvalue weighted by Gasteiger charge is -2.18. The zero-order valence-corrected chi connectivity index (χ0v) is 14.9. The second kappa shape index (κ2) is 7.45. The third-order valence-electron chi connectivity index (χ3n) is 4.49. The lowest BCUT2D eigenvalue weighted by molar-refractivity contribution is -0.121. The molecule has 0 unspecified atom stereocenters. The van der Waals surface area contributed by atoms with Gasteiger partial charge in [0.25, 0.3) is 0 Å². The fourth-order valence-corrected chi connectivity index (χ4v) is 2.85. The van der Waals surface area contributed by atoms with Crippen molar-refractivity contribution in [3.05, 3.63) is 69.8 Å². The largest absolute Gasteiger partial charge is 0.350 e. The van der Waals surface area contributed by atoms with Gasteiger partial charge in [0.1, 0.15) is 0 Å². The molecule has 2 nitrogen and oxygen atoms in total. The molecule has 0 aromatic heterocycles. The van der Waals surface area contributed by atoms with E-state index in [0.29, 0.717) is 6.42 Å². The first-order valence-electron chi connectivity index (χ1n) is 8.29. The Labute approximate surface area is 139 Å². The normalized spacial score (nSPS) is 12.0. The topological polar surface area (TPSA) is 29.1 Å². The average molecular weight is 309 g/mol. The zero-order chi connectivity index (χ0) is 17.0. The molecule has 0 heterocycles. The minimum atomic E-state index is 0.0415. The van der Waals surface area contributed by atoms with Gasteiger partial charge in [0.2, 0.25) is 5.91 Å². The van der Waals surface area contributed by atoms with Crippen LogP contribution in [0.3, 0.4) is 0 Å². The first-order chi connectivity index (χ1) is 10.9. The summed E-state index contributed by atoms with van der Waals surface area (Å²) >= 11 is 0. The monoisotopic (exact) mass is 309 g/mol. The molecule has 0 aliphatic heterocycles. The van der Waals surface area contributed by atoms with Crippen molar-refractivity contribution in [1.82, 2.24) is 5.32 Å². The van der Waals surface area contributed by atoms with E-state index < -0.39 is 0 Å². The third-order valence-corrected chi connectivity index (χ3v) is 4.49. The summed E-state index contributed by atoms with van der Waals surface area (Å²) in [4.78, 5) is 12.2. The summed E-state index contributed by atoms with van der Waals surface area (Å²) in [5.41, 5.74) is 7.46. The SMILES string of the molecule is Cc1ccc(CCC(=O)N[C@H](C)c2cc(C)c(C)cc2C)cc1. The lowest BCUT2D eigenvalue weighted by atomic mass is 9.96. The Morgan fingerprint density at radius 1 is 0.957 bits per heavy atom. The third kappa shape index (κ3) is 4.69. The minimum absolute atomic E-state index is 0.0415. The van der Waals surface area contributed by atoms with Crippen LogP contribution >= 0.6 is 0 Å². The van der Waals surface area contributed by atoms with Crippen LogP contribution in [0.5, 0.6) is 0 Å². The van der Waals surface area contributed by atoms with Crippen molar-refractivity contribution in [2.75, 3.05) is 0 Å². The first kappa shape index (κ1) is 17.3. The van der Waals surface area contributed by atoms with Crippen LogP contribution in [0.2, 0.25) is 0 Å². The number of amides is 1. The van der Waals surface area contributed by atoms with Gasteiger partial charge in [-0.05, 0) is 68.9 Å². The summed E-state index contributed by atoms with van der Waals surface area (Å²) in [6.45, 7) is 10.5. The molecule has 2 rings (SSSR count). The van der Waals surface area contributed by atoms with Gasteiger partial charge in [-0.3, -0.25) is 4.79 Å². The predicted octanol–water partition coefficient (Wildman–Crippen LogP) is 4.73. The van der Waals surface area contributed by atoms with Crippen molar-refractivity contribution < 1.29 is 4.79 Å². The maximum Gasteiger partial charge on any atom is 0.220 e. The molecule has 1 amide bonds. The maximum atomic E-state index is 12.2. The number of benzene rings is 2. The minimum Gasteiger partial charge on any atom is -0.350 e. The van der Waals surface area contributed by atoms with Crippen LogP contribution in [0.4, 0.5) is 0 Å². The Hall–Kier alpha value is -2.09. The molecule has 122 valence electrons. The van der Waals surface area contributed by atoms with Gasteiger partial charge in [-0.15, -0.1) is 0 Å². The highest BCUT2D eigenvalue weighted by atomic mass is 16.1. The Kier molecular flexibility index (Phi) is 5.59. The highest BCUT2D eigenvalue weighted by molar-refractivity contribution is 5.76. The molecule has 1 atom stereocenters. The van der Waals surface area contributed by atoms with Gasteiger partial charge in [0.15, 0.2) is 0 Å². The standard InChI is InChI=1S/C21H27NO/c1-14-6-8-19(9-7-14)10-11-21(23)22-18(5)20-13-16(3)15(2)12-17(20)4/h6-9,12-13,18H,10-11H2,1-5H3,(H,22,23)/t18-/m1/s1. The lowest BCUT2D eigenvalue weighted by Crippen LogP contribution is -2.27. The van der Waals surface area contributed by atoms with Gasteiger partial charge in [-0.1, -0.05) is 42.0 Å². The molecule has 23 heavy (non-hydrogen) atoms. The molecular formula is C21H27NO. The number of carbonyl (C=O) groups is 1. The summed E-state index contributed by atoms with van der Waals surface area (Å²) in [6.07, 6.45) is 1.31. The van der Waals surface area contributed by atoms with Gasteiger partial charge in [-0.2, -0.15) is 0 Å². The summed E-state index contributed by atoms with van der Waals surface area (Å²) < 4.78 is 0. The Balaban J connectivity index is 1.94. The molecule has 1 N–H and O–H groups in total. The number of hydrogen-bond acceptors (Lipinski definition) is 1. The van der Waals surface area contributed by atoms with E-state index in [9.17, 15) is 4.79 Å². The number of carbonyl (C=O) groups excluding carboxylic acids is 1. The summed E-state index contributed by atoms with van der Waals surface area (Å²) in [6, 6.07) is 12.8. The Morgan fingerprint density at radius 3 is 2.22 bits per heavy atom. The second-order valence-corrected chi connectivity index (χ2v) is 6.57. The van der Waals surface area contributed by atoms with Gasteiger partial charge >= 0.3 is 0 Å². The smallest absolute Gasteiger partial charge is 0.220 e. The van der Waals surface area contributed by atoms with Crippen LogP contribution in [-0.4, -0.2) is 5.91 Å². The van der Waals surface area contributed by atoms with E-state index >= 15 is 0 Å². The number of nitrogens with one attached hydrogen (secondary N) is 1. The fourth-order valence-electron chi connectivity index (χ4n) is 2.85. The molecule has 0 aliphatic carbocycles. The van der Waals surface area contributed by atoms with E-state index in [-0.39, 0.29) is 11.9 Å². The zero-order valence-electron chi connectivity index (χ0n) is 14.9. The van der Waals surface area contributed by atoms with Crippen LogP contribution in [0.25, 0.3) is 0 Å². The molecule has 2 aromatic carbocycles. The maximum absolute atomic E-state index is 12.2. The molecule has 2 aromatic rings. The van der Waals surface area contributed by atoms with E-state index in [1.807, 2.05) is 0 Å². The van der Waals surface area contributed by atoms with Crippen molar-refractivity contribution >= 4 is 5.91 Å². The van der Waals surface area contributed by atoms with Crippen LogP contribution in [-0.2, 0) is 11.2 Å². The molecule has 2 heteroatoms. The van der Waals surface area contributed by atoms with Crippen molar-refractivity contribution in [2.45, 2.75) is 53.5 Å². The molecule has 0 saturated heterocycles. The van der Waals surface area contributed by atoms with Gasteiger partial charge in [0.05, 0.1) is 6.04 Å². The number of rotatable bonds is 5. The van der Waals surface area contributed by atoms with Crippen molar-refractivity contribution in [2.24, 2.45) is 0 Å². The van der Waals surface area contributed by atoms with Crippen molar-refractivity contribution in [3.8, 4) is 0 Å². The average Bonchev–Trinajstić information content (AvgIpc) is 2.50. The van der Waals surface area contributed by atoms with E-state index in [1.165, 1.54) is 33.4 Å². The molecule has 0 bridgehead atoms. The van der Waals surface area contributed by atoms with E-state index in [0.717, 1.165) is 6.42 Å². The van der Waals surface area contributed by atoms with E-state index in [4.69, 9.17) is 0 Å². The molecule has 0 fully saturated rings. The van der Waals surface area contributed by atoms with Crippen LogP contribution < -0.4 is 5.32 Å². The van der Waals surface area contributed by atoms with E-state index in [2.05, 4.69) is 76.3 Å². The second-order valence-electron chi connectivity index (χ2n) is 6.57. The van der Waals surface area contributed by atoms with Crippen molar-refractivity contribution in [1.29, 1.82) is 0 Å². The molecule has 0 aliphatic rings. The number of hydrogen-bond donors (Lipinski definition) is 1. The molecule has 0 spiro atoms.